The molecule has 8 heteroatoms. The number of hydrogen-bond donors (Lipinski definition) is 2. The molecule has 3 rings (SSSR count). The van der Waals surface area contributed by atoms with Crippen molar-refractivity contribution in [3.05, 3.63) is 23.5 Å². The summed E-state index contributed by atoms with van der Waals surface area (Å²) in [5, 5.41) is 13.2. The van der Waals surface area contributed by atoms with Crippen molar-refractivity contribution < 1.29 is 23.8 Å². The molecule has 154 valence electrons. The van der Waals surface area contributed by atoms with Crippen molar-refractivity contribution in [1.82, 2.24) is 15.2 Å². The SMILES string of the molecule is CCOc1ccc(C)nc1C(=O)N[C@@H]1CCN(C(=O)[C@@H]2C[C@H]2CF)C[C@H](O)C1. The molecule has 7 nitrogen and oxygen atoms in total. The zero-order valence-corrected chi connectivity index (χ0v) is 16.4. The fraction of sp³-hybridized carbons (Fsp3) is 0.650. The number of amides is 2. The summed E-state index contributed by atoms with van der Waals surface area (Å²) < 4.78 is 18.2. The fourth-order valence-electron chi connectivity index (χ4n) is 3.70. The first kappa shape index (κ1) is 20.5. The molecule has 2 heterocycles. The largest absolute Gasteiger partial charge is 0.491 e. The number of aromatic nitrogens is 1. The molecule has 2 N–H and O–H groups in total. The topological polar surface area (TPSA) is 91.8 Å². The van der Waals surface area contributed by atoms with Crippen LogP contribution < -0.4 is 10.1 Å². The van der Waals surface area contributed by atoms with Crippen molar-refractivity contribution in [2.75, 3.05) is 26.4 Å². The predicted molar refractivity (Wildman–Crippen MR) is 101 cm³/mol. The summed E-state index contributed by atoms with van der Waals surface area (Å²) in [5.41, 5.74) is 0.926. The number of rotatable bonds is 6. The number of nitrogens with one attached hydrogen (secondary N) is 1. The number of ether oxygens (including phenoxy) is 1. The molecule has 0 bridgehead atoms. The molecular formula is C20H28FN3O4. The van der Waals surface area contributed by atoms with Gasteiger partial charge in [-0.25, -0.2) is 4.98 Å². The van der Waals surface area contributed by atoms with Gasteiger partial charge in [-0.15, -0.1) is 0 Å². The molecule has 1 saturated carbocycles. The molecular weight excluding hydrogens is 365 g/mol. The minimum absolute atomic E-state index is 0.0901. The third-order valence-corrected chi connectivity index (χ3v) is 5.33. The highest BCUT2D eigenvalue weighted by Crippen LogP contribution is 2.40. The van der Waals surface area contributed by atoms with Crippen LogP contribution >= 0.6 is 0 Å². The number of aliphatic hydroxyl groups is 1. The zero-order valence-electron chi connectivity index (χ0n) is 16.4. The summed E-state index contributed by atoms with van der Waals surface area (Å²) in [4.78, 5) is 31.1. The monoisotopic (exact) mass is 393 g/mol. The van der Waals surface area contributed by atoms with E-state index in [4.69, 9.17) is 4.74 Å². The lowest BCUT2D eigenvalue weighted by Gasteiger charge is -2.22. The van der Waals surface area contributed by atoms with Crippen molar-refractivity contribution in [2.45, 2.75) is 45.3 Å². The van der Waals surface area contributed by atoms with Crippen molar-refractivity contribution in [2.24, 2.45) is 11.8 Å². The summed E-state index contributed by atoms with van der Waals surface area (Å²) in [6.45, 7) is 4.22. The summed E-state index contributed by atoms with van der Waals surface area (Å²) in [5.74, 6) is -0.458. The molecule has 0 unspecified atom stereocenters. The standard InChI is InChI=1S/C20H28FN3O4/c1-3-28-17-5-4-12(2)22-18(17)19(26)23-14-6-7-24(11-15(25)9-14)20(27)16-8-13(16)10-21/h4-5,13-16,25H,3,6-11H2,1-2H3,(H,23,26)/t13-,14+,15+,16+/m0/s1. The molecule has 1 saturated heterocycles. The summed E-state index contributed by atoms with van der Waals surface area (Å²) in [6, 6.07) is 3.22. The number of aliphatic hydroxyl groups excluding tert-OH is 1. The van der Waals surface area contributed by atoms with Gasteiger partial charge < -0.3 is 20.1 Å². The van der Waals surface area contributed by atoms with Gasteiger partial charge in [-0.3, -0.25) is 14.0 Å². The van der Waals surface area contributed by atoms with E-state index in [-0.39, 0.29) is 41.9 Å². The maximum absolute atomic E-state index is 12.7. The van der Waals surface area contributed by atoms with Gasteiger partial charge in [0.1, 0.15) is 0 Å². The first-order valence-electron chi connectivity index (χ1n) is 9.87. The Kier molecular flexibility index (Phi) is 6.49. The molecule has 2 aliphatic rings. The van der Waals surface area contributed by atoms with E-state index in [1.807, 2.05) is 6.92 Å². The van der Waals surface area contributed by atoms with E-state index in [1.54, 1.807) is 24.0 Å². The van der Waals surface area contributed by atoms with E-state index in [2.05, 4.69) is 10.3 Å². The smallest absolute Gasteiger partial charge is 0.273 e. The van der Waals surface area contributed by atoms with Gasteiger partial charge in [0.25, 0.3) is 5.91 Å². The van der Waals surface area contributed by atoms with Crippen LogP contribution in [0.2, 0.25) is 0 Å². The lowest BCUT2D eigenvalue weighted by molar-refractivity contribution is -0.134. The molecule has 0 radical (unpaired) electrons. The lowest BCUT2D eigenvalue weighted by Crippen LogP contribution is -2.37. The number of pyridine rings is 1. The van der Waals surface area contributed by atoms with Crippen molar-refractivity contribution in [3.63, 3.8) is 0 Å². The second-order valence-electron chi connectivity index (χ2n) is 7.62. The normalized spacial score (nSPS) is 27.1. The minimum atomic E-state index is -0.740. The number of alkyl halides is 1. The highest BCUT2D eigenvalue weighted by Gasteiger charge is 2.45. The number of nitrogens with zero attached hydrogens (tertiary/aromatic N) is 2. The predicted octanol–water partition coefficient (Wildman–Crippen LogP) is 1.48. The first-order valence-corrected chi connectivity index (χ1v) is 9.87. The number of carbonyl (C=O) groups is 2. The van der Waals surface area contributed by atoms with Crippen molar-refractivity contribution >= 4 is 11.8 Å². The Labute approximate surface area is 164 Å². The average Bonchev–Trinajstić information content (AvgIpc) is 3.47. The molecule has 1 aromatic rings. The van der Waals surface area contributed by atoms with Gasteiger partial charge in [0, 0.05) is 30.7 Å². The number of likely N-dealkylation sites (tertiary alicyclic amines) is 1. The first-order chi connectivity index (χ1) is 13.4. The third kappa shape index (κ3) is 4.79. The molecule has 1 aliphatic heterocycles. The highest BCUT2D eigenvalue weighted by molar-refractivity contribution is 5.95. The van der Waals surface area contributed by atoms with Crippen LogP contribution in [-0.4, -0.2) is 65.3 Å². The van der Waals surface area contributed by atoms with Gasteiger partial charge in [0.15, 0.2) is 11.4 Å². The Morgan fingerprint density at radius 2 is 2.18 bits per heavy atom. The van der Waals surface area contributed by atoms with E-state index in [1.165, 1.54) is 0 Å². The highest BCUT2D eigenvalue weighted by atomic mass is 19.1. The van der Waals surface area contributed by atoms with Crippen LogP contribution in [0.3, 0.4) is 0 Å². The molecule has 28 heavy (non-hydrogen) atoms. The number of carbonyl (C=O) groups excluding carboxylic acids is 2. The molecule has 1 aromatic heterocycles. The Morgan fingerprint density at radius 3 is 2.86 bits per heavy atom. The van der Waals surface area contributed by atoms with Gasteiger partial charge in [0.2, 0.25) is 5.91 Å². The van der Waals surface area contributed by atoms with Crippen LogP contribution in [0.25, 0.3) is 0 Å². The molecule has 2 amide bonds. The Hall–Kier alpha value is -2.22. The maximum atomic E-state index is 12.7. The maximum Gasteiger partial charge on any atom is 0.273 e. The van der Waals surface area contributed by atoms with Crippen LogP contribution in [0.1, 0.15) is 42.4 Å². The van der Waals surface area contributed by atoms with Gasteiger partial charge in [-0.05, 0) is 51.2 Å². The number of hydrogen-bond acceptors (Lipinski definition) is 5. The Morgan fingerprint density at radius 1 is 1.39 bits per heavy atom. The molecule has 0 aromatic carbocycles. The van der Waals surface area contributed by atoms with E-state index in [0.717, 1.165) is 0 Å². The fourth-order valence-corrected chi connectivity index (χ4v) is 3.70. The van der Waals surface area contributed by atoms with Crippen LogP contribution in [-0.2, 0) is 4.79 Å². The number of β-amino-alcohol motifs (C(OH)–C–C–N with tert-alkyl or cyclic N) is 1. The lowest BCUT2D eigenvalue weighted by atomic mass is 10.1. The van der Waals surface area contributed by atoms with Crippen LogP contribution in [0.4, 0.5) is 4.39 Å². The van der Waals surface area contributed by atoms with Gasteiger partial charge >= 0.3 is 0 Å². The van der Waals surface area contributed by atoms with E-state index in [0.29, 0.717) is 43.9 Å². The van der Waals surface area contributed by atoms with Crippen molar-refractivity contribution in [3.8, 4) is 5.75 Å². The average molecular weight is 393 g/mol. The minimum Gasteiger partial charge on any atom is -0.491 e. The molecule has 4 atom stereocenters. The summed E-state index contributed by atoms with van der Waals surface area (Å²) in [7, 11) is 0. The van der Waals surface area contributed by atoms with Crippen LogP contribution in [0, 0.1) is 18.8 Å². The third-order valence-electron chi connectivity index (χ3n) is 5.33. The molecule has 0 spiro atoms. The zero-order chi connectivity index (χ0) is 20.3. The van der Waals surface area contributed by atoms with Crippen LogP contribution in [0.5, 0.6) is 5.75 Å². The van der Waals surface area contributed by atoms with E-state index in [9.17, 15) is 19.1 Å². The Balaban J connectivity index is 1.63. The summed E-state index contributed by atoms with van der Waals surface area (Å²) in [6.07, 6.45) is 0.720. The van der Waals surface area contributed by atoms with Gasteiger partial charge in [0.05, 0.1) is 19.4 Å². The quantitative estimate of drug-likeness (QED) is 0.764. The second kappa shape index (κ2) is 8.86. The molecule has 1 aliphatic carbocycles. The number of aryl methyl sites for hydroxylation is 1. The number of halogens is 1. The van der Waals surface area contributed by atoms with Crippen LogP contribution in [0.15, 0.2) is 12.1 Å². The van der Waals surface area contributed by atoms with Gasteiger partial charge in [-0.2, -0.15) is 0 Å². The molecule has 2 fully saturated rings. The van der Waals surface area contributed by atoms with E-state index >= 15 is 0 Å². The second-order valence-corrected chi connectivity index (χ2v) is 7.62. The van der Waals surface area contributed by atoms with E-state index < -0.39 is 12.8 Å². The van der Waals surface area contributed by atoms with Gasteiger partial charge in [-0.1, -0.05) is 0 Å². The summed E-state index contributed by atoms with van der Waals surface area (Å²) >= 11 is 0. The Bertz CT molecular complexity index is 729. The van der Waals surface area contributed by atoms with Crippen molar-refractivity contribution in [1.29, 1.82) is 0 Å².